The van der Waals surface area contributed by atoms with Crippen molar-refractivity contribution in [1.82, 2.24) is 0 Å². The van der Waals surface area contributed by atoms with E-state index >= 15 is 0 Å². The second-order valence-electron chi connectivity index (χ2n) is 7.06. The van der Waals surface area contributed by atoms with Crippen LogP contribution in [0.3, 0.4) is 0 Å². The lowest BCUT2D eigenvalue weighted by molar-refractivity contribution is 0.314. The first-order valence-electron chi connectivity index (χ1n) is 9.64. The van der Waals surface area contributed by atoms with Gasteiger partial charge in [0.05, 0.1) is 11.5 Å². The van der Waals surface area contributed by atoms with E-state index in [0.29, 0.717) is 13.0 Å². The Kier molecular flexibility index (Phi) is 5.51. The van der Waals surface area contributed by atoms with Crippen LogP contribution >= 0.6 is 0 Å². The Morgan fingerprint density at radius 2 is 1.55 bits per heavy atom. The molecule has 1 aliphatic heterocycles. The van der Waals surface area contributed by atoms with E-state index in [4.69, 9.17) is 4.18 Å². The number of hydrogen-bond acceptors (Lipinski definition) is 4. The summed E-state index contributed by atoms with van der Waals surface area (Å²) in [4.78, 5) is 2.34. The van der Waals surface area contributed by atoms with Gasteiger partial charge in [-0.2, -0.15) is 8.42 Å². The van der Waals surface area contributed by atoms with Gasteiger partial charge in [-0.15, -0.1) is 0 Å². The molecule has 0 amide bonds. The maximum atomic E-state index is 12.3. The zero-order chi connectivity index (χ0) is 20.3. The van der Waals surface area contributed by atoms with Gasteiger partial charge in [0.2, 0.25) is 0 Å². The summed E-state index contributed by atoms with van der Waals surface area (Å²) in [6.45, 7) is 2.71. The van der Waals surface area contributed by atoms with Crippen LogP contribution in [0.5, 0.6) is 0 Å². The SMILES string of the molecule is Cc1ccc(S(=O)(=O)OCCCN2C=Cc3ccccc3-c3ccccc32)cc1. The molecule has 1 heterocycles. The standard InChI is InChI=1S/C24H23NO3S/c1-19-11-13-21(14-12-19)29(26,27)28-18-6-16-25-17-15-20-7-2-3-8-22(20)23-9-4-5-10-24(23)25/h2-5,7-15,17H,6,16,18H2,1H3. The largest absolute Gasteiger partial charge is 0.347 e. The van der Waals surface area contributed by atoms with Crippen LogP contribution in [0.2, 0.25) is 0 Å². The molecule has 0 unspecified atom stereocenters. The predicted molar refractivity (Wildman–Crippen MR) is 117 cm³/mol. The fraction of sp³-hybridized carbons (Fsp3) is 0.167. The van der Waals surface area contributed by atoms with Gasteiger partial charge in [-0.25, -0.2) is 0 Å². The number of anilines is 1. The first-order chi connectivity index (χ1) is 14.0. The molecule has 0 spiro atoms. The van der Waals surface area contributed by atoms with E-state index in [1.165, 1.54) is 16.7 Å². The Morgan fingerprint density at radius 3 is 2.34 bits per heavy atom. The van der Waals surface area contributed by atoms with Crippen molar-refractivity contribution in [1.29, 1.82) is 0 Å². The van der Waals surface area contributed by atoms with E-state index in [2.05, 4.69) is 41.4 Å². The van der Waals surface area contributed by atoms with Crippen molar-refractivity contribution in [3.8, 4) is 11.1 Å². The van der Waals surface area contributed by atoms with E-state index in [0.717, 1.165) is 11.3 Å². The average molecular weight is 406 g/mol. The van der Waals surface area contributed by atoms with Crippen molar-refractivity contribution in [2.24, 2.45) is 0 Å². The van der Waals surface area contributed by atoms with Crippen LogP contribution in [-0.4, -0.2) is 21.6 Å². The third-order valence-corrected chi connectivity index (χ3v) is 6.32. The maximum absolute atomic E-state index is 12.3. The lowest BCUT2D eigenvalue weighted by Gasteiger charge is -2.22. The van der Waals surface area contributed by atoms with Gasteiger partial charge in [-0.05, 0) is 48.7 Å². The van der Waals surface area contributed by atoms with Gasteiger partial charge in [0.1, 0.15) is 0 Å². The highest BCUT2D eigenvalue weighted by Gasteiger charge is 2.17. The first kappa shape index (κ1) is 19.4. The van der Waals surface area contributed by atoms with Crippen LogP contribution < -0.4 is 4.90 Å². The Hall–Kier alpha value is -2.89. The van der Waals surface area contributed by atoms with Crippen molar-refractivity contribution in [3.63, 3.8) is 0 Å². The van der Waals surface area contributed by atoms with Crippen molar-refractivity contribution in [3.05, 3.63) is 90.1 Å². The minimum absolute atomic E-state index is 0.135. The number of hydrogen-bond donors (Lipinski definition) is 0. The van der Waals surface area contributed by atoms with Gasteiger partial charge < -0.3 is 4.90 Å². The third-order valence-electron chi connectivity index (χ3n) is 4.99. The van der Waals surface area contributed by atoms with Gasteiger partial charge in [0.25, 0.3) is 10.1 Å². The van der Waals surface area contributed by atoms with Crippen molar-refractivity contribution < 1.29 is 12.6 Å². The van der Waals surface area contributed by atoms with Crippen molar-refractivity contribution in [2.75, 3.05) is 18.1 Å². The zero-order valence-electron chi connectivity index (χ0n) is 16.3. The van der Waals surface area contributed by atoms with E-state index < -0.39 is 10.1 Å². The molecule has 148 valence electrons. The molecule has 0 atom stereocenters. The van der Waals surface area contributed by atoms with Crippen LogP contribution in [0.1, 0.15) is 17.5 Å². The third kappa shape index (κ3) is 4.26. The fourth-order valence-corrected chi connectivity index (χ4v) is 4.40. The Morgan fingerprint density at radius 1 is 0.862 bits per heavy atom. The number of nitrogens with zero attached hydrogens (tertiary/aromatic N) is 1. The molecule has 0 aromatic heterocycles. The lowest BCUT2D eigenvalue weighted by atomic mass is 9.99. The quantitative estimate of drug-likeness (QED) is 0.415. The van der Waals surface area contributed by atoms with Gasteiger partial charge in [-0.3, -0.25) is 4.18 Å². The molecule has 29 heavy (non-hydrogen) atoms. The Bertz CT molecular complexity index is 1130. The average Bonchev–Trinajstić information content (AvgIpc) is 2.89. The molecule has 4 nitrogen and oxygen atoms in total. The van der Waals surface area contributed by atoms with Gasteiger partial charge in [0, 0.05) is 24.0 Å². The summed E-state index contributed by atoms with van der Waals surface area (Å²) in [6, 6.07) is 23.3. The molecule has 3 aromatic rings. The molecular weight excluding hydrogens is 382 g/mol. The fourth-order valence-electron chi connectivity index (χ4n) is 3.46. The highest BCUT2D eigenvalue weighted by molar-refractivity contribution is 7.86. The molecule has 0 saturated carbocycles. The molecule has 5 heteroatoms. The summed E-state index contributed by atoms with van der Waals surface area (Å²) in [6.07, 6.45) is 4.73. The summed E-state index contributed by atoms with van der Waals surface area (Å²) >= 11 is 0. The lowest BCUT2D eigenvalue weighted by Crippen LogP contribution is -2.20. The molecule has 0 radical (unpaired) electrons. The van der Waals surface area contributed by atoms with Crippen LogP contribution in [0.25, 0.3) is 17.2 Å². The Labute approximate surface area is 172 Å². The number of aryl methyl sites for hydroxylation is 1. The summed E-state index contributed by atoms with van der Waals surface area (Å²) in [5.41, 5.74) is 5.65. The summed E-state index contributed by atoms with van der Waals surface area (Å²) in [5.74, 6) is 0. The molecule has 0 aliphatic carbocycles. The van der Waals surface area contributed by atoms with E-state index in [-0.39, 0.29) is 11.5 Å². The predicted octanol–water partition coefficient (Wildman–Crippen LogP) is 5.25. The molecular formula is C24H23NO3S. The summed E-state index contributed by atoms with van der Waals surface area (Å²) in [7, 11) is -3.73. The van der Waals surface area contributed by atoms with E-state index in [1.807, 2.05) is 31.2 Å². The number of para-hydroxylation sites is 1. The number of benzene rings is 3. The van der Waals surface area contributed by atoms with E-state index in [9.17, 15) is 8.42 Å². The molecule has 4 rings (SSSR count). The Balaban J connectivity index is 1.45. The van der Waals surface area contributed by atoms with Gasteiger partial charge in [0.15, 0.2) is 0 Å². The zero-order valence-corrected chi connectivity index (χ0v) is 17.1. The highest BCUT2D eigenvalue weighted by atomic mass is 32.2. The van der Waals surface area contributed by atoms with Crippen LogP contribution in [0.4, 0.5) is 5.69 Å². The maximum Gasteiger partial charge on any atom is 0.296 e. The van der Waals surface area contributed by atoms with Gasteiger partial charge >= 0.3 is 0 Å². The normalized spacial score (nSPS) is 12.9. The van der Waals surface area contributed by atoms with Crippen molar-refractivity contribution in [2.45, 2.75) is 18.2 Å². The summed E-state index contributed by atoms with van der Waals surface area (Å²) in [5, 5.41) is 0. The number of rotatable bonds is 6. The molecule has 0 fully saturated rings. The second kappa shape index (κ2) is 8.23. The monoisotopic (exact) mass is 405 g/mol. The molecule has 0 bridgehead atoms. The number of fused-ring (bicyclic) bond motifs is 3. The molecule has 3 aromatic carbocycles. The summed E-state index contributed by atoms with van der Waals surface area (Å²) < 4.78 is 29.9. The van der Waals surface area contributed by atoms with Crippen LogP contribution in [-0.2, 0) is 14.3 Å². The van der Waals surface area contributed by atoms with E-state index in [1.54, 1.807) is 24.3 Å². The van der Waals surface area contributed by atoms with Crippen LogP contribution in [0, 0.1) is 6.92 Å². The van der Waals surface area contributed by atoms with Crippen molar-refractivity contribution >= 4 is 21.9 Å². The molecule has 1 aliphatic rings. The smallest absolute Gasteiger partial charge is 0.296 e. The topological polar surface area (TPSA) is 46.6 Å². The minimum Gasteiger partial charge on any atom is -0.347 e. The molecule has 0 saturated heterocycles. The molecule has 0 N–H and O–H groups in total. The second-order valence-corrected chi connectivity index (χ2v) is 8.67. The highest BCUT2D eigenvalue weighted by Crippen LogP contribution is 2.36. The van der Waals surface area contributed by atoms with Crippen LogP contribution in [0.15, 0.2) is 83.9 Å². The van der Waals surface area contributed by atoms with Gasteiger partial charge in [-0.1, -0.05) is 60.2 Å². The minimum atomic E-state index is -3.73. The first-order valence-corrected chi connectivity index (χ1v) is 11.0.